The molecule has 0 aliphatic carbocycles. The Kier molecular flexibility index (Phi) is 4.03. The standard InChI is InChI=1S/C17H20FN5O/c18-12-3-1-2-11(8-12)15-10-20-6-7-23(15)17(24)16-13-9-19-5-4-14(13)21-22-16/h1-3,8,15,19-20H,4-7,9-10H2,(H,21,22). The highest BCUT2D eigenvalue weighted by Gasteiger charge is 2.32. The van der Waals surface area contributed by atoms with Gasteiger partial charge in [-0.25, -0.2) is 4.39 Å². The van der Waals surface area contributed by atoms with E-state index in [4.69, 9.17) is 0 Å². The summed E-state index contributed by atoms with van der Waals surface area (Å²) in [6.07, 6.45) is 0.852. The van der Waals surface area contributed by atoms with Crippen LogP contribution in [0.4, 0.5) is 4.39 Å². The maximum Gasteiger partial charge on any atom is 0.275 e. The van der Waals surface area contributed by atoms with Crippen molar-refractivity contribution in [2.24, 2.45) is 0 Å². The Hall–Kier alpha value is -2.25. The number of halogens is 1. The summed E-state index contributed by atoms with van der Waals surface area (Å²) in [6, 6.07) is 6.28. The summed E-state index contributed by atoms with van der Waals surface area (Å²) in [7, 11) is 0. The molecule has 126 valence electrons. The summed E-state index contributed by atoms with van der Waals surface area (Å²) in [5.41, 5.74) is 3.29. The van der Waals surface area contributed by atoms with Crippen LogP contribution in [-0.2, 0) is 13.0 Å². The molecule has 4 rings (SSSR count). The van der Waals surface area contributed by atoms with E-state index in [2.05, 4.69) is 20.8 Å². The quantitative estimate of drug-likeness (QED) is 0.768. The molecule has 1 aromatic heterocycles. The number of hydrogen-bond donors (Lipinski definition) is 3. The molecule has 0 saturated carbocycles. The van der Waals surface area contributed by atoms with E-state index in [-0.39, 0.29) is 17.8 Å². The van der Waals surface area contributed by atoms with Gasteiger partial charge in [-0.05, 0) is 17.7 Å². The number of piperazine rings is 1. The molecule has 1 amide bonds. The molecule has 6 nitrogen and oxygen atoms in total. The minimum Gasteiger partial charge on any atom is -0.328 e. The summed E-state index contributed by atoms with van der Waals surface area (Å²) < 4.78 is 13.6. The minimum atomic E-state index is -0.285. The van der Waals surface area contributed by atoms with E-state index < -0.39 is 0 Å². The van der Waals surface area contributed by atoms with E-state index in [0.29, 0.717) is 25.3 Å². The number of carbonyl (C=O) groups excluding carboxylic acids is 1. The predicted octanol–water partition coefficient (Wildman–Crippen LogP) is 0.981. The Bertz CT molecular complexity index is 759. The molecular formula is C17H20FN5O. The van der Waals surface area contributed by atoms with Crippen molar-refractivity contribution in [2.75, 3.05) is 26.2 Å². The van der Waals surface area contributed by atoms with Gasteiger partial charge in [-0.2, -0.15) is 5.10 Å². The van der Waals surface area contributed by atoms with Crippen LogP contribution >= 0.6 is 0 Å². The lowest BCUT2D eigenvalue weighted by atomic mass is 10.0. The van der Waals surface area contributed by atoms with Crippen LogP contribution in [0.1, 0.15) is 33.4 Å². The first kappa shape index (κ1) is 15.3. The maximum atomic E-state index is 13.6. The van der Waals surface area contributed by atoms with Crippen molar-refractivity contribution in [1.29, 1.82) is 0 Å². The van der Waals surface area contributed by atoms with Gasteiger partial charge in [0.15, 0.2) is 5.69 Å². The number of aromatic amines is 1. The van der Waals surface area contributed by atoms with Gasteiger partial charge in [0.1, 0.15) is 5.82 Å². The third kappa shape index (κ3) is 2.70. The van der Waals surface area contributed by atoms with Crippen molar-refractivity contribution in [3.8, 4) is 0 Å². The average Bonchev–Trinajstić information content (AvgIpc) is 3.05. The van der Waals surface area contributed by atoms with Gasteiger partial charge in [-0.3, -0.25) is 9.89 Å². The monoisotopic (exact) mass is 329 g/mol. The first-order valence-corrected chi connectivity index (χ1v) is 8.28. The number of rotatable bonds is 2. The van der Waals surface area contributed by atoms with Crippen molar-refractivity contribution < 1.29 is 9.18 Å². The Morgan fingerprint density at radius 2 is 2.21 bits per heavy atom. The van der Waals surface area contributed by atoms with Crippen molar-refractivity contribution in [1.82, 2.24) is 25.7 Å². The second kappa shape index (κ2) is 6.33. The van der Waals surface area contributed by atoms with Gasteiger partial charge in [0.2, 0.25) is 0 Å². The summed E-state index contributed by atoms with van der Waals surface area (Å²) in [4.78, 5) is 14.9. The van der Waals surface area contributed by atoms with E-state index in [1.165, 1.54) is 12.1 Å². The number of H-pyrrole nitrogens is 1. The van der Waals surface area contributed by atoms with Crippen LogP contribution in [0.15, 0.2) is 24.3 Å². The third-order valence-corrected chi connectivity index (χ3v) is 4.75. The lowest BCUT2D eigenvalue weighted by molar-refractivity contribution is 0.0626. The molecule has 1 atom stereocenters. The number of aromatic nitrogens is 2. The van der Waals surface area contributed by atoms with Crippen molar-refractivity contribution in [2.45, 2.75) is 19.0 Å². The molecule has 1 aromatic carbocycles. The molecule has 1 fully saturated rings. The van der Waals surface area contributed by atoms with Gasteiger partial charge in [0, 0.05) is 50.4 Å². The van der Waals surface area contributed by atoms with Crippen molar-refractivity contribution in [3.05, 3.63) is 52.6 Å². The highest BCUT2D eigenvalue weighted by atomic mass is 19.1. The molecule has 3 N–H and O–H groups in total. The van der Waals surface area contributed by atoms with Crippen LogP contribution < -0.4 is 10.6 Å². The molecular weight excluding hydrogens is 309 g/mol. The molecule has 3 heterocycles. The van der Waals surface area contributed by atoms with Crippen LogP contribution in [0, 0.1) is 5.82 Å². The molecule has 2 aromatic rings. The zero-order chi connectivity index (χ0) is 16.5. The second-order valence-electron chi connectivity index (χ2n) is 6.23. The van der Waals surface area contributed by atoms with Crippen LogP contribution in [-0.4, -0.2) is 47.2 Å². The van der Waals surface area contributed by atoms with E-state index in [9.17, 15) is 9.18 Å². The van der Waals surface area contributed by atoms with Gasteiger partial charge >= 0.3 is 0 Å². The number of nitrogens with one attached hydrogen (secondary N) is 3. The van der Waals surface area contributed by atoms with Crippen molar-refractivity contribution in [3.63, 3.8) is 0 Å². The van der Waals surface area contributed by atoms with Gasteiger partial charge < -0.3 is 15.5 Å². The lowest BCUT2D eigenvalue weighted by Crippen LogP contribution is -2.49. The minimum absolute atomic E-state index is 0.0908. The number of carbonyl (C=O) groups is 1. The Balaban J connectivity index is 1.65. The normalized spacial score (nSPS) is 20.7. The molecule has 7 heteroatoms. The SMILES string of the molecule is O=C(c1n[nH]c2c1CNCC2)N1CCNCC1c1cccc(F)c1. The van der Waals surface area contributed by atoms with E-state index >= 15 is 0 Å². The fourth-order valence-electron chi connectivity index (χ4n) is 3.50. The van der Waals surface area contributed by atoms with Crippen LogP contribution in [0.3, 0.4) is 0 Å². The molecule has 1 unspecified atom stereocenters. The van der Waals surface area contributed by atoms with Crippen LogP contribution in [0.2, 0.25) is 0 Å². The Labute approximate surface area is 139 Å². The molecule has 0 bridgehead atoms. The highest BCUT2D eigenvalue weighted by Crippen LogP contribution is 2.26. The number of hydrogen-bond acceptors (Lipinski definition) is 4. The fraction of sp³-hybridized carbons (Fsp3) is 0.412. The summed E-state index contributed by atoms with van der Waals surface area (Å²) >= 11 is 0. The smallest absolute Gasteiger partial charge is 0.275 e. The van der Waals surface area contributed by atoms with Crippen molar-refractivity contribution >= 4 is 5.91 Å². The Morgan fingerprint density at radius 1 is 1.29 bits per heavy atom. The molecule has 24 heavy (non-hydrogen) atoms. The summed E-state index contributed by atoms with van der Waals surface area (Å²) in [5.74, 6) is -0.376. The highest BCUT2D eigenvalue weighted by molar-refractivity contribution is 5.94. The van der Waals surface area contributed by atoms with E-state index in [1.807, 2.05) is 6.07 Å². The maximum absolute atomic E-state index is 13.6. The molecule has 2 aliphatic rings. The van der Waals surface area contributed by atoms with Gasteiger partial charge in [0.05, 0.1) is 6.04 Å². The first-order valence-electron chi connectivity index (χ1n) is 8.28. The number of amides is 1. The van der Waals surface area contributed by atoms with Gasteiger partial charge in [-0.15, -0.1) is 0 Å². The topological polar surface area (TPSA) is 73.0 Å². The van der Waals surface area contributed by atoms with Crippen LogP contribution in [0.25, 0.3) is 0 Å². The molecule has 1 saturated heterocycles. The lowest BCUT2D eigenvalue weighted by Gasteiger charge is -2.36. The molecule has 0 radical (unpaired) electrons. The number of nitrogens with zero attached hydrogens (tertiary/aromatic N) is 2. The number of benzene rings is 1. The zero-order valence-corrected chi connectivity index (χ0v) is 13.3. The largest absolute Gasteiger partial charge is 0.328 e. The predicted molar refractivity (Wildman–Crippen MR) is 87.0 cm³/mol. The molecule has 0 spiro atoms. The van der Waals surface area contributed by atoms with E-state index in [1.54, 1.807) is 11.0 Å². The van der Waals surface area contributed by atoms with Gasteiger partial charge in [0.25, 0.3) is 5.91 Å². The number of fused-ring (bicyclic) bond motifs is 1. The summed E-state index contributed by atoms with van der Waals surface area (Å²) in [6.45, 7) is 3.46. The van der Waals surface area contributed by atoms with Crippen LogP contribution in [0.5, 0.6) is 0 Å². The van der Waals surface area contributed by atoms with Gasteiger partial charge in [-0.1, -0.05) is 12.1 Å². The Morgan fingerprint density at radius 3 is 3.08 bits per heavy atom. The third-order valence-electron chi connectivity index (χ3n) is 4.75. The zero-order valence-electron chi connectivity index (χ0n) is 13.3. The average molecular weight is 329 g/mol. The van der Waals surface area contributed by atoms with E-state index in [0.717, 1.165) is 36.3 Å². The fourth-order valence-corrected chi connectivity index (χ4v) is 3.50. The molecule has 2 aliphatic heterocycles. The first-order chi connectivity index (χ1) is 11.7. The summed E-state index contributed by atoms with van der Waals surface area (Å²) in [5, 5.41) is 13.8. The second-order valence-corrected chi connectivity index (χ2v) is 6.23.